The Bertz CT molecular complexity index is 1010. The number of likely N-dealkylation sites (N-methyl/N-ethyl adjacent to an activating group) is 1. The molecule has 1 unspecified atom stereocenters. The van der Waals surface area contributed by atoms with Crippen LogP contribution in [0.3, 0.4) is 0 Å². The second-order valence-electron chi connectivity index (χ2n) is 6.88. The first kappa shape index (κ1) is 19.2. The molecule has 0 amide bonds. The molecule has 0 saturated carbocycles. The van der Waals surface area contributed by atoms with Crippen molar-refractivity contribution in [3.63, 3.8) is 0 Å². The molecule has 3 aromatic heterocycles. The van der Waals surface area contributed by atoms with Gasteiger partial charge >= 0.3 is 6.18 Å². The van der Waals surface area contributed by atoms with Crippen LogP contribution < -0.4 is 14.5 Å². The topological polar surface area (TPSA) is 71.7 Å². The molecule has 1 fully saturated rings. The number of alkyl halides is 3. The molecule has 1 saturated heterocycles. The van der Waals surface area contributed by atoms with Crippen LogP contribution in [0.4, 0.5) is 24.8 Å². The van der Waals surface area contributed by atoms with Gasteiger partial charge in [-0.2, -0.15) is 13.2 Å². The minimum Gasteiger partial charge on any atom is -0.481 e. The third kappa shape index (κ3) is 3.76. The zero-order chi connectivity index (χ0) is 20.6. The average Bonchev–Trinajstić information content (AvgIpc) is 3.18. The molecule has 1 aliphatic heterocycles. The lowest BCUT2D eigenvalue weighted by atomic mass is 10.0. The molecule has 0 radical (unpaired) electrons. The Kier molecular flexibility index (Phi) is 4.89. The summed E-state index contributed by atoms with van der Waals surface area (Å²) in [7, 11) is 3.47. The number of hydrogen-bond donors (Lipinski definition) is 0. The van der Waals surface area contributed by atoms with Gasteiger partial charge in [-0.3, -0.25) is 0 Å². The van der Waals surface area contributed by atoms with E-state index in [1.807, 2.05) is 16.8 Å². The van der Waals surface area contributed by atoms with Gasteiger partial charge in [0.25, 0.3) is 0 Å². The third-order valence-corrected chi connectivity index (χ3v) is 5.09. The van der Waals surface area contributed by atoms with Gasteiger partial charge in [0.15, 0.2) is 17.2 Å². The summed E-state index contributed by atoms with van der Waals surface area (Å²) in [5.41, 5.74) is -0.725. The van der Waals surface area contributed by atoms with Gasteiger partial charge < -0.3 is 18.9 Å². The van der Waals surface area contributed by atoms with Crippen LogP contribution in [0.1, 0.15) is 18.5 Å². The number of imidazole rings is 1. The SMILES string of the molecule is COc1cc(N(C)C2CCCN(c3nccn4cc(C(F)(F)F)nc34)C2)ncn1. The predicted octanol–water partition coefficient (Wildman–Crippen LogP) is 2.65. The summed E-state index contributed by atoms with van der Waals surface area (Å²) in [6.07, 6.45) is 2.68. The highest BCUT2D eigenvalue weighted by Gasteiger charge is 2.35. The number of methoxy groups -OCH3 is 1. The van der Waals surface area contributed by atoms with Crippen LogP contribution >= 0.6 is 0 Å². The van der Waals surface area contributed by atoms with E-state index in [0.717, 1.165) is 24.9 Å². The van der Waals surface area contributed by atoms with Crippen LogP contribution in [-0.4, -0.2) is 57.6 Å². The number of ether oxygens (including phenoxy) is 1. The fraction of sp³-hybridized carbons (Fsp3) is 0.444. The maximum Gasteiger partial charge on any atom is 0.434 e. The van der Waals surface area contributed by atoms with Gasteiger partial charge in [0.05, 0.1) is 7.11 Å². The zero-order valence-corrected chi connectivity index (χ0v) is 16.0. The number of nitrogens with zero attached hydrogens (tertiary/aromatic N) is 7. The molecule has 3 aromatic rings. The van der Waals surface area contributed by atoms with Crippen molar-refractivity contribution < 1.29 is 17.9 Å². The average molecular weight is 407 g/mol. The summed E-state index contributed by atoms with van der Waals surface area (Å²) >= 11 is 0. The molecule has 0 bridgehead atoms. The number of hydrogen-bond acceptors (Lipinski definition) is 7. The van der Waals surface area contributed by atoms with Crippen LogP contribution in [0.2, 0.25) is 0 Å². The van der Waals surface area contributed by atoms with Gasteiger partial charge in [-0.05, 0) is 12.8 Å². The minimum absolute atomic E-state index is 0.0995. The van der Waals surface area contributed by atoms with Crippen molar-refractivity contribution >= 4 is 17.3 Å². The maximum absolute atomic E-state index is 13.1. The lowest BCUT2D eigenvalue weighted by Gasteiger charge is -2.38. The Morgan fingerprint density at radius 3 is 2.83 bits per heavy atom. The van der Waals surface area contributed by atoms with Gasteiger partial charge in [0.2, 0.25) is 5.88 Å². The monoisotopic (exact) mass is 407 g/mol. The minimum atomic E-state index is -4.50. The van der Waals surface area contributed by atoms with Gasteiger partial charge in [-0.25, -0.2) is 19.9 Å². The van der Waals surface area contributed by atoms with Crippen molar-refractivity contribution in [2.45, 2.75) is 25.1 Å². The molecule has 8 nitrogen and oxygen atoms in total. The molecule has 1 atom stereocenters. The van der Waals surface area contributed by atoms with E-state index in [9.17, 15) is 13.2 Å². The van der Waals surface area contributed by atoms with Crippen molar-refractivity contribution in [2.75, 3.05) is 37.0 Å². The van der Waals surface area contributed by atoms with Gasteiger partial charge in [0, 0.05) is 50.8 Å². The molecule has 0 N–H and O–H groups in total. The Labute approximate surface area is 165 Å². The van der Waals surface area contributed by atoms with Gasteiger partial charge in [0.1, 0.15) is 12.1 Å². The normalized spacial score (nSPS) is 17.6. The third-order valence-electron chi connectivity index (χ3n) is 5.09. The Hall–Kier alpha value is -3.11. The van der Waals surface area contributed by atoms with Crippen LogP contribution in [0.15, 0.2) is 31.0 Å². The second kappa shape index (κ2) is 7.37. The Morgan fingerprint density at radius 1 is 1.24 bits per heavy atom. The van der Waals surface area contributed by atoms with E-state index in [2.05, 4.69) is 19.9 Å². The number of piperidine rings is 1. The summed E-state index contributed by atoms with van der Waals surface area (Å²) in [4.78, 5) is 20.5. The molecule has 0 aliphatic carbocycles. The number of rotatable bonds is 4. The smallest absolute Gasteiger partial charge is 0.434 e. The molecule has 4 heterocycles. The van der Waals surface area contributed by atoms with Crippen molar-refractivity contribution in [1.82, 2.24) is 24.3 Å². The van der Waals surface area contributed by atoms with Crippen molar-refractivity contribution in [2.24, 2.45) is 0 Å². The number of aromatic nitrogens is 5. The van der Waals surface area contributed by atoms with E-state index in [1.54, 1.807) is 13.2 Å². The molecular weight excluding hydrogens is 387 g/mol. The molecule has 0 aromatic carbocycles. The van der Waals surface area contributed by atoms with Gasteiger partial charge in [-0.15, -0.1) is 0 Å². The predicted molar refractivity (Wildman–Crippen MR) is 100 cm³/mol. The fourth-order valence-corrected chi connectivity index (χ4v) is 3.55. The van der Waals surface area contributed by atoms with Gasteiger partial charge in [-0.1, -0.05) is 0 Å². The summed E-state index contributed by atoms with van der Waals surface area (Å²) in [5, 5.41) is 0. The number of fused-ring (bicyclic) bond motifs is 1. The molecule has 4 rings (SSSR count). The zero-order valence-electron chi connectivity index (χ0n) is 16.0. The van der Waals surface area contributed by atoms with E-state index < -0.39 is 11.9 Å². The molecule has 29 heavy (non-hydrogen) atoms. The quantitative estimate of drug-likeness (QED) is 0.658. The molecule has 11 heteroatoms. The van der Waals surface area contributed by atoms with E-state index in [0.29, 0.717) is 24.8 Å². The van der Waals surface area contributed by atoms with Crippen molar-refractivity contribution in [3.8, 4) is 5.88 Å². The Balaban J connectivity index is 1.60. The first-order valence-corrected chi connectivity index (χ1v) is 9.11. The highest BCUT2D eigenvalue weighted by atomic mass is 19.4. The number of halogens is 3. The van der Waals surface area contributed by atoms with Crippen LogP contribution in [0, 0.1) is 0 Å². The fourth-order valence-electron chi connectivity index (χ4n) is 3.55. The summed E-state index contributed by atoms with van der Waals surface area (Å²) in [6.45, 7) is 1.28. The Morgan fingerprint density at radius 2 is 2.07 bits per heavy atom. The van der Waals surface area contributed by atoms with Crippen LogP contribution in [0.25, 0.3) is 5.65 Å². The second-order valence-corrected chi connectivity index (χ2v) is 6.88. The molecular formula is C18H20F3N7O. The highest BCUT2D eigenvalue weighted by molar-refractivity contribution is 5.65. The van der Waals surface area contributed by atoms with Crippen LogP contribution in [-0.2, 0) is 6.18 Å². The lowest BCUT2D eigenvalue weighted by Crippen LogP contribution is -2.47. The largest absolute Gasteiger partial charge is 0.481 e. The highest BCUT2D eigenvalue weighted by Crippen LogP contribution is 2.31. The van der Waals surface area contributed by atoms with Crippen molar-refractivity contribution in [3.05, 3.63) is 36.7 Å². The first-order chi connectivity index (χ1) is 13.9. The van der Waals surface area contributed by atoms with E-state index in [-0.39, 0.29) is 11.7 Å². The van der Waals surface area contributed by atoms with Crippen molar-refractivity contribution in [1.29, 1.82) is 0 Å². The molecule has 154 valence electrons. The summed E-state index contributed by atoms with van der Waals surface area (Å²) in [5.74, 6) is 1.63. The molecule has 1 aliphatic rings. The molecule has 0 spiro atoms. The summed E-state index contributed by atoms with van der Waals surface area (Å²) in [6, 6.07) is 1.85. The van der Waals surface area contributed by atoms with E-state index in [4.69, 9.17) is 4.74 Å². The maximum atomic E-state index is 13.1. The summed E-state index contributed by atoms with van der Waals surface area (Å²) < 4.78 is 45.8. The van der Waals surface area contributed by atoms with E-state index in [1.165, 1.54) is 23.1 Å². The van der Waals surface area contributed by atoms with Crippen LogP contribution in [0.5, 0.6) is 5.88 Å². The van der Waals surface area contributed by atoms with E-state index >= 15 is 0 Å². The lowest BCUT2D eigenvalue weighted by molar-refractivity contribution is -0.140. The number of anilines is 2. The standard InChI is InChI=1S/C18H20F3N7O/c1-26(14-8-15(29-2)24-11-23-14)12-4-3-6-27(9-12)16-17-25-13(18(19,20)21)10-28(17)7-5-22-16/h5,7-8,10-12H,3-4,6,9H2,1-2H3. The first-order valence-electron chi connectivity index (χ1n) is 9.11.